The molecule has 0 aromatic carbocycles. The highest BCUT2D eigenvalue weighted by Crippen LogP contribution is 2.18. The first kappa shape index (κ1) is 25.6. The van der Waals surface area contributed by atoms with Crippen LogP contribution >= 0.6 is 0 Å². The van der Waals surface area contributed by atoms with E-state index >= 15 is 0 Å². The molecule has 0 unspecified atom stereocenters. The zero-order valence-electron chi connectivity index (χ0n) is 17.9. The smallest absolute Gasteiger partial charge is 0.114 e. The predicted molar refractivity (Wildman–Crippen MR) is 113 cm³/mol. The van der Waals surface area contributed by atoms with Crippen molar-refractivity contribution < 1.29 is 24.8 Å². The van der Waals surface area contributed by atoms with Gasteiger partial charge in [0.1, 0.15) is 24.4 Å². The maximum absolute atomic E-state index is 10.0. The Labute approximate surface area is 172 Å². The third-order valence-electron chi connectivity index (χ3n) is 5.53. The molecule has 0 aliphatic carbocycles. The van der Waals surface area contributed by atoms with E-state index in [0.717, 1.165) is 6.42 Å². The van der Waals surface area contributed by atoms with Crippen LogP contribution < -0.4 is 0 Å². The third-order valence-corrected chi connectivity index (χ3v) is 5.53. The van der Waals surface area contributed by atoms with Gasteiger partial charge in [0.25, 0.3) is 0 Å². The molecule has 1 saturated heterocycles. The van der Waals surface area contributed by atoms with Crippen molar-refractivity contribution in [3.63, 3.8) is 0 Å². The monoisotopic (exact) mass is 400 g/mol. The molecule has 0 saturated carbocycles. The number of aliphatic hydroxyl groups excluding tert-OH is 3. The van der Waals surface area contributed by atoms with Gasteiger partial charge in [-0.3, -0.25) is 0 Å². The Morgan fingerprint density at radius 1 is 0.857 bits per heavy atom. The van der Waals surface area contributed by atoms with E-state index in [4.69, 9.17) is 14.6 Å². The van der Waals surface area contributed by atoms with Crippen LogP contribution in [-0.4, -0.2) is 59.6 Å². The number of hydrogen-bond donors (Lipinski definition) is 3. The molecule has 1 rings (SSSR count). The molecular weight excluding hydrogens is 356 g/mol. The van der Waals surface area contributed by atoms with E-state index in [-0.39, 0.29) is 13.2 Å². The Balaban J connectivity index is 1.90. The minimum atomic E-state index is -1.00. The molecule has 166 valence electrons. The Bertz CT molecular complexity index is 374. The molecule has 0 aromatic rings. The molecule has 5 nitrogen and oxygen atoms in total. The number of aliphatic hydroxyl groups is 3. The Morgan fingerprint density at radius 3 is 2.00 bits per heavy atom. The summed E-state index contributed by atoms with van der Waals surface area (Å²) in [5.41, 5.74) is 0. The highest BCUT2D eigenvalue weighted by atomic mass is 16.6. The van der Waals surface area contributed by atoms with Gasteiger partial charge in [0.15, 0.2) is 0 Å². The molecule has 0 spiro atoms. The van der Waals surface area contributed by atoms with Crippen LogP contribution in [-0.2, 0) is 9.47 Å². The lowest BCUT2D eigenvalue weighted by molar-refractivity contribution is -0.207. The highest BCUT2D eigenvalue weighted by Gasteiger charge is 2.38. The van der Waals surface area contributed by atoms with E-state index in [0.29, 0.717) is 6.61 Å². The summed E-state index contributed by atoms with van der Waals surface area (Å²) >= 11 is 0. The molecule has 0 radical (unpaired) electrons. The van der Waals surface area contributed by atoms with Gasteiger partial charge in [-0.25, -0.2) is 0 Å². The second-order valence-corrected chi connectivity index (χ2v) is 8.06. The molecule has 0 aromatic heterocycles. The first-order valence-electron chi connectivity index (χ1n) is 11.6. The van der Waals surface area contributed by atoms with Gasteiger partial charge in [0.05, 0.1) is 19.8 Å². The fraction of sp³-hybridized carbons (Fsp3) is 0.913. The van der Waals surface area contributed by atoms with Crippen LogP contribution in [0.5, 0.6) is 0 Å². The molecule has 4 atom stereocenters. The minimum Gasteiger partial charge on any atom is -0.394 e. The summed E-state index contributed by atoms with van der Waals surface area (Å²) in [6.07, 6.45) is 18.1. The zero-order chi connectivity index (χ0) is 20.5. The molecule has 1 aliphatic heterocycles. The molecule has 1 fully saturated rings. The van der Waals surface area contributed by atoms with Crippen LogP contribution in [0.1, 0.15) is 90.4 Å². The van der Waals surface area contributed by atoms with Crippen LogP contribution in [0.4, 0.5) is 0 Å². The fourth-order valence-corrected chi connectivity index (χ4v) is 3.68. The first-order valence-corrected chi connectivity index (χ1v) is 11.6. The van der Waals surface area contributed by atoms with Gasteiger partial charge < -0.3 is 24.8 Å². The van der Waals surface area contributed by atoms with E-state index in [2.05, 4.69) is 13.0 Å². The number of hydrogen-bond acceptors (Lipinski definition) is 5. The fourth-order valence-electron chi connectivity index (χ4n) is 3.68. The molecule has 0 bridgehead atoms. The van der Waals surface area contributed by atoms with Crippen molar-refractivity contribution in [1.29, 1.82) is 0 Å². The van der Waals surface area contributed by atoms with Gasteiger partial charge in [-0.05, 0) is 12.8 Å². The van der Waals surface area contributed by atoms with Gasteiger partial charge in [-0.2, -0.15) is 0 Å². The molecule has 1 heterocycles. The first-order chi connectivity index (χ1) is 13.7. The lowest BCUT2D eigenvalue weighted by atomic mass is 10.0. The van der Waals surface area contributed by atoms with Crippen LogP contribution in [0.2, 0.25) is 0 Å². The van der Waals surface area contributed by atoms with Gasteiger partial charge in [0.2, 0.25) is 0 Å². The van der Waals surface area contributed by atoms with Crippen LogP contribution in [0.3, 0.4) is 0 Å². The zero-order valence-corrected chi connectivity index (χ0v) is 17.9. The summed E-state index contributed by atoms with van der Waals surface area (Å²) < 4.78 is 10.7. The topological polar surface area (TPSA) is 79.2 Å². The predicted octanol–water partition coefficient (Wildman–Crippen LogP) is 4.13. The Hall–Kier alpha value is -0.460. The second-order valence-electron chi connectivity index (χ2n) is 8.06. The standard InChI is InChI=1S/C23H44O5/c1-2-3-4-5-6-7-8-9-10-11-12-13-14-15-16-17-27-23-20(25)19-28-21(18-24)22(23)26/h15-16,20-26H,2-14,17-19H2,1H3/b16-15+/t20-,21+,22+,23+/m0/s1. The number of rotatable bonds is 17. The van der Waals surface area contributed by atoms with Crippen LogP contribution in [0.15, 0.2) is 12.2 Å². The summed E-state index contributed by atoms with van der Waals surface area (Å²) in [6, 6.07) is 0. The quantitative estimate of drug-likeness (QED) is 0.253. The van der Waals surface area contributed by atoms with E-state index in [9.17, 15) is 10.2 Å². The van der Waals surface area contributed by atoms with Gasteiger partial charge in [0, 0.05) is 0 Å². The van der Waals surface area contributed by atoms with Gasteiger partial charge >= 0.3 is 0 Å². The average molecular weight is 401 g/mol. The molecule has 3 N–H and O–H groups in total. The van der Waals surface area contributed by atoms with E-state index in [1.54, 1.807) is 0 Å². The largest absolute Gasteiger partial charge is 0.394 e. The van der Waals surface area contributed by atoms with Crippen molar-refractivity contribution in [3.05, 3.63) is 12.2 Å². The SMILES string of the molecule is CCCCCCCCCCCCCC/C=C/CO[C@H]1[C@H](O)[C@@H](CO)OC[C@@H]1O. The summed E-state index contributed by atoms with van der Waals surface area (Å²) in [4.78, 5) is 0. The minimum absolute atomic E-state index is 0.0789. The van der Waals surface area contributed by atoms with E-state index in [1.807, 2.05) is 6.08 Å². The maximum Gasteiger partial charge on any atom is 0.114 e. The molecule has 1 aliphatic rings. The van der Waals surface area contributed by atoms with E-state index < -0.39 is 24.4 Å². The van der Waals surface area contributed by atoms with Crippen molar-refractivity contribution in [2.45, 2.75) is 115 Å². The number of unbranched alkanes of at least 4 members (excludes halogenated alkanes) is 12. The summed E-state index contributed by atoms with van der Waals surface area (Å²) in [5.74, 6) is 0. The van der Waals surface area contributed by atoms with Crippen molar-refractivity contribution >= 4 is 0 Å². The number of allylic oxidation sites excluding steroid dienone is 1. The number of ether oxygens (including phenoxy) is 2. The highest BCUT2D eigenvalue weighted by molar-refractivity contribution is 4.89. The van der Waals surface area contributed by atoms with Crippen LogP contribution in [0, 0.1) is 0 Å². The Morgan fingerprint density at radius 2 is 1.43 bits per heavy atom. The lowest BCUT2D eigenvalue weighted by Crippen LogP contribution is -2.55. The summed E-state index contributed by atoms with van der Waals surface area (Å²) in [7, 11) is 0. The van der Waals surface area contributed by atoms with Crippen LogP contribution in [0.25, 0.3) is 0 Å². The van der Waals surface area contributed by atoms with Crippen molar-refractivity contribution in [3.8, 4) is 0 Å². The second kappa shape index (κ2) is 17.4. The molecule has 28 heavy (non-hydrogen) atoms. The average Bonchev–Trinajstić information content (AvgIpc) is 2.70. The summed E-state index contributed by atoms with van der Waals surface area (Å²) in [6.45, 7) is 2.43. The molecule has 0 amide bonds. The van der Waals surface area contributed by atoms with Gasteiger partial charge in [-0.15, -0.1) is 0 Å². The van der Waals surface area contributed by atoms with Crippen molar-refractivity contribution in [2.24, 2.45) is 0 Å². The molecular formula is C23H44O5. The normalized spacial score (nSPS) is 25.6. The van der Waals surface area contributed by atoms with Crippen molar-refractivity contribution in [1.82, 2.24) is 0 Å². The maximum atomic E-state index is 10.0. The summed E-state index contributed by atoms with van der Waals surface area (Å²) in [5, 5.41) is 29.0. The molecule has 5 heteroatoms. The lowest BCUT2D eigenvalue weighted by Gasteiger charge is -2.36. The third kappa shape index (κ3) is 11.5. The van der Waals surface area contributed by atoms with E-state index in [1.165, 1.54) is 77.0 Å². The van der Waals surface area contributed by atoms with Crippen molar-refractivity contribution in [2.75, 3.05) is 19.8 Å². The Kier molecular flexibility index (Phi) is 15.9. The van der Waals surface area contributed by atoms with Gasteiger partial charge in [-0.1, -0.05) is 89.7 Å².